The standard InChI is InChI=1S/C24H37N5O3/c1-7-14(2)18(20(30)25-15-12-23(3,4)29-24(5,6)13-15)28-22(32)19-21(31)27-17-11-9-8-10-16(17)26-19/h8-11,14-15,18-19,26,29H,7,12-13H2,1-6H3,(H,25,30)(H,27,31)(H,28,32)/t14-,18-,19+/m1/s1. The second-order valence-corrected chi connectivity index (χ2v) is 10.5. The summed E-state index contributed by atoms with van der Waals surface area (Å²) in [6.45, 7) is 12.4. The average molecular weight is 444 g/mol. The van der Waals surface area contributed by atoms with E-state index in [1.54, 1.807) is 12.1 Å². The highest BCUT2D eigenvalue weighted by Gasteiger charge is 2.40. The van der Waals surface area contributed by atoms with Crippen LogP contribution < -0.4 is 26.6 Å². The molecule has 3 atom stereocenters. The fourth-order valence-corrected chi connectivity index (χ4v) is 4.98. The quantitative estimate of drug-likeness (QED) is 0.434. The molecular formula is C24H37N5O3. The summed E-state index contributed by atoms with van der Waals surface area (Å²) in [7, 11) is 0. The van der Waals surface area contributed by atoms with E-state index in [0.717, 1.165) is 12.8 Å². The lowest BCUT2D eigenvalue weighted by Gasteiger charge is -2.47. The molecule has 0 spiro atoms. The zero-order valence-corrected chi connectivity index (χ0v) is 20.0. The SMILES string of the molecule is CC[C@@H](C)[C@@H](NC(=O)[C@H]1Nc2ccccc2NC1=O)C(=O)NC1CC(C)(C)NC(C)(C)C1. The molecule has 2 heterocycles. The Morgan fingerprint density at radius 3 is 2.28 bits per heavy atom. The van der Waals surface area contributed by atoms with Gasteiger partial charge in [0.05, 0.1) is 11.4 Å². The number of anilines is 2. The Labute approximate surface area is 190 Å². The van der Waals surface area contributed by atoms with Crippen LogP contribution in [0.2, 0.25) is 0 Å². The molecule has 3 amide bonds. The highest BCUT2D eigenvalue weighted by molar-refractivity contribution is 6.16. The molecule has 5 N–H and O–H groups in total. The minimum atomic E-state index is -1.10. The van der Waals surface area contributed by atoms with E-state index in [0.29, 0.717) is 17.8 Å². The predicted molar refractivity (Wildman–Crippen MR) is 126 cm³/mol. The first-order valence-electron chi connectivity index (χ1n) is 11.5. The molecule has 32 heavy (non-hydrogen) atoms. The van der Waals surface area contributed by atoms with Crippen LogP contribution in [-0.4, -0.2) is 46.9 Å². The van der Waals surface area contributed by atoms with Gasteiger partial charge in [-0.3, -0.25) is 14.4 Å². The third kappa shape index (κ3) is 5.59. The maximum Gasteiger partial charge on any atom is 0.256 e. The van der Waals surface area contributed by atoms with Crippen molar-refractivity contribution in [2.75, 3.05) is 10.6 Å². The molecule has 1 aromatic rings. The highest BCUT2D eigenvalue weighted by atomic mass is 16.2. The molecule has 1 fully saturated rings. The smallest absolute Gasteiger partial charge is 0.256 e. The number of carbonyl (C=O) groups is 3. The van der Waals surface area contributed by atoms with Crippen molar-refractivity contribution in [2.24, 2.45) is 5.92 Å². The summed E-state index contributed by atoms with van der Waals surface area (Å²) in [5.74, 6) is -1.24. The number of nitrogens with one attached hydrogen (secondary N) is 5. The van der Waals surface area contributed by atoms with E-state index in [1.165, 1.54) is 0 Å². The maximum atomic E-state index is 13.3. The van der Waals surface area contributed by atoms with E-state index in [4.69, 9.17) is 0 Å². The minimum Gasteiger partial charge on any atom is -0.364 e. The molecular weight excluding hydrogens is 406 g/mol. The summed E-state index contributed by atoms with van der Waals surface area (Å²) >= 11 is 0. The van der Waals surface area contributed by atoms with Crippen molar-refractivity contribution in [2.45, 2.75) is 90.0 Å². The number of carbonyl (C=O) groups excluding carboxylic acids is 3. The van der Waals surface area contributed by atoms with Gasteiger partial charge in [-0.15, -0.1) is 0 Å². The number of hydrogen-bond acceptors (Lipinski definition) is 5. The Kier molecular flexibility index (Phi) is 6.83. The molecule has 0 unspecified atom stereocenters. The van der Waals surface area contributed by atoms with Crippen LogP contribution in [0, 0.1) is 5.92 Å². The normalized spacial score (nSPS) is 23.7. The average Bonchev–Trinajstić information content (AvgIpc) is 2.68. The third-order valence-electron chi connectivity index (χ3n) is 6.34. The van der Waals surface area contributed by atoms with Crippen LogP contribution in [0.25, 0.3) is 0 Å². The van der Waals surface area contributed by atoms with E-state index in [9.17, 15) is 14.4 Å². The molecule has 1 aromatic carbocycles. The van der Waals surface area contributed by atoms with Crippen LogP contribution in [0.1, 0.15) is 60.8 Å². The van der Waals surface area contributed by atoms with Gasteiger partial charge in [-0.05, 0) is 58.6 Å². The Balaban J connectivity index is 1.70. The topological polar surface area (TPSA) is 111 Å². The van der Waals surface area contributed by atoms with E-state index < -0.39 is 23.9 Å². The second kappa shape index (κ2) is 9.10. The molecule has 2 aliphatic heterocycles. The van der Waals surface area contributed by atoms with Gasteiger partial charge in [0.15, 0.2) is 6.04 Å². The van der Waals surface area contributed by atoms with Crippen LogP contribution >= 0.6 is 0 Å². The van der Waals surface area contributed by atoms with Crippen molar-refractivity contribution in [3.63, 3.8) is 0 Å². The third-order valence-corrected chi connectivity index (χ3v) is 6.34. The number of rotatable bonds is 6. The Bertz CT molecular complexity index is 866. The fraction of sp³-hybridized carbons (Fsp3) is 0.625. The van der Waals surface area contributed by atoms with Gasteiger partial charge in [0, 0.05) is 17.1 Å². The van der Waals surface area contributed by atoms with Crippen molar-refractivity contribution in [3.05, 3.63) is 24.3 Å². The van der Waals surface area contributed by atoms with Gasteiger partial charge in [-0.25, -0.2) is 0 Å². The minimum absolute atomic E-state index is 0.000175. The summed E-state index contributed by atoms with van der Waals surface area (Å²) in [5, 5.41) is 15.4. The summed E-state index contributed by atoms with van der Waals surface area (Å²) in [4.78, 5) is 38.8. The van der Waals surface area contributed by atoms with E-state index in [-0.39, 0.29) is 28.9 Å². The molecule has 8 heteroatoms. The van der Waals surface area contributed by atoms with Gasteiger partial charge >= 0.3 is 0 Å². The van der Waals surface area contributed by atoms with Crippen molar-refractivity contribution in [1.29, 1.82) is 0 Å². The molecule has 0 aliphatic carbocycles. The predicted octanol–water partition coefficient (Wildman–Crippen LogP) is 2.38. The van der Waals surface area contributed by atoms with Gasteiger partial charge in [-0.1, -0.05) is 32.4 Å². The second-order valence-electron chi connectivity index (χ2n) is 10.5. The Hall–Kier alpha value is -2.61. The molecule has 0 aromatic heterocycles. The largest absolute Gasteiger partial charge is 0.364 e. The molecule has 176 valence electrons. The van der Waals surface area contributed by atoms with Gasteiger partial charge < -0.3 is 26.6 Å². The number of amides is 3. The number of hydrogen-bond donors (Lipinski definition) is 5. The maximum absolute atomic E-state index is 13.3. The summed E-state index contributed by atoms with van der Waals surface area (Å²) < 4.78 is 0. The molecule has 1 saturated heterocycles. The van der Waals surface area contributed by atoms with Gasteiger partial charge in [0.1, 0.15) is 6.04 Å². The van der Waals surface area contributed by atoms with Crippen LogP contribution in [-0.2, 0) is 14.4 Å². The fourth-order valence-electron chi connectivity index (χ4n) is 4.98. The molecule has 8 nitrogen and oxygen atoms in total. The summed E-state index contributed by atoms with van der Waals surface area (Å²) in [5.41, 5.74) is 1.10. The number of para-hydroxylation sites is 2. The summed E-state index contributed by atoms with van der Waals surface area (Å²) in [6.07, 6.45) is 2.31. The number of benzene rings is 1. The first-order chi connectivity index (χ1) is 14.9. The van der Waals surface area contributed by atoms with Crippen molar-refractivity contribution < 1.29 is 14.4 Å². The van der Waals surface area contributed by atoms with Crippen molar-refractivity contribution in [1.82, 2.24) is 16.0 Å². The van der Waals surface area contributed by atoms with E-state index in [2.05, 4.69) is 54.3 Å². The molecule has 0 radical (unpaired) electrons. The Morgan fingerprint density at radius 2 is 1.69 bits per heavy atom. The van der Waals surface area contributed by atoms with Crippen molar-refractivity contribution >= 4 is 29.1 Å². The molecule has 0 bridgehead atoms. The van der Waals surface area contributed by atoms with Crippen molar-refractivity contribution in [3.8, 4) is 0 Å². The molecule has 3 rings (SSSR count). The summed E-state index contributed by atoms with van der Waals surface area (Å²) in [6, 6.07) is 5.39. The lowest BCUT2D eigenvalue weighted by molar-refractivity contribution is -0.133. The zero-order valence-electron chi connectivity index (χ0n) is 20.0. The van der Waals surface area contributed by atoms with Crippen LogP contribution in [0.5, 0.6) is 0 Å². The van der Waals surface area contributed by atoms with Gasteiger partial charge in [0.2, 0.25) is 5.91 Å². The molecule has 2 aliphatic rings. The van der Waals surface area contributed by atoms with Gasteiger partial charge in [0.25, 0.3) is 11.8 Å². The first kappa shape index (κ1) is 24.0. The lowest BCUT2D eigenvalue weighted by Crippen LogP contribution is -2.64. The van der Waals surface area contributed by atoms with E-state index in [1.807, 2.05) is 26.0 Å². The van der Waals surface area contributed by atoms with Crippen LogP contribution in [0.15, 0.2) is 24.3 Å². The zero-order chi connectivity index (χ0) is 23.7. The van der Waals surface area contributed by atoms with E-state index >= 15 is 0 Å². The Morgan fingerprint density at radius 1 is 1.09 bits per heavy atom. The van der Waals surface area contributed by atoms with Crippen LogP contribution in [0.3, 0.4) is 0 Å². The van der Waals surface area contributed by atoms with Gasteiger partial charge in [-0.2, -0.15) is 0 Å². The number of fused-ring (bicyclic) bond motifs is 1. The highest BCUT2D eigenvalue weighted by Crippen LogP contribution is 2.29. The number of piperidine rings is 1. The first-order valence-corrected chi connectivity index (χ1v) is 11.5. The molecule has 0 saturated carbocycles. The monoisotopic (exact) mass is 443 g/mol. The van der Waals surface area contributed by atoms with Crippen LogP contribution in [0.4, 0.5) is 11.4 Å². The lowest BCUT2D eigenvalue weighted by atomic mass is 9.79.